The molecule has 2 atom stereocenters. The van der Waals surface area contributed by atoms with Crippen LogP contribution in [0, 0.1) is 11.8 Å². The molecule has 0 bridgehead atoms. The second-order valence-electron chi connectivity index (χ2n) is 7.83. The van der Waals surface area contributed by atoms with Crippen LogP contribution in [0.1, 0.15) is 11.3 Å². The third-order valence-corrected chi connectivity index (χ3v) is 5.86. The Morgan fingerprint density at radius 1 is 1.06 bits per heavy atom. The number of carbonyl (C=O) groups is 1. The Kier molecular flexibility index (Phi) is 5.63. The molecule has 0 N–H and O–H groups in total. The van der Waals surface area contributed by atoms with Crippen molar-refractivity contribution in [1.29, 1.82) is 0 Å². The maximum Gasteiger partial charge on any atom is 0.433 e. The number of anilines is 1. The maximum absolute atomic E-state index is 12.9. The van der Waals surface area contributed by atoms with Crippen LogP contribution in [-0.4, -0.2) is 61.2 Å². The number of rotatable bonds is 5. The second kappa shape index (κ2) is 8.24. The highest BCUT2D eigenvalue weighted by Gasteiger charge is 2.42. The summed E-state index contributed by atoms with van der Waals surface area (Å²) in [4.78, 5) is 24.1. The fraction of sp³-hybridized carbons (Fsp3) is 0.476. The van der Waals surface area contributed by atoms with E-state index < -0.39 is 11.9 Å². The smallest absolute Gasteiger partial charge is 0.433 e. The van der Waals surface area contributed by atoms with E-state index in [0.29, 0.717) is 37.7 Å². The average Bonchev–Trinajstić information content (AvgIpc) is 3.32. The lowest BCUT2D eigenvalue weighted by molar-refractivity contribution is -0.141. The molecule has 0 radical (unpaired) electrons. The summed E-state index contributed by atoms with van der Waals surface area (Å²) in [5, 5.41) is 0. The van der Waals surface area contributed by atoms with Crippen LogP contribution in [0.2, 0.25) is 0 Å². The summed E-state index contributed by atoms with van der Waals surface area (Å²) < 4.78 is 49.3. The number of ether oxygens (including phenoxy) is 2. The molecule has 2 fully saturated rings. The monoisotopic (exact) mass is 436 g/mol. The molecule has 7 nitrogen and oxygen atoms in total. The van der Waals surface area contributed by atoms with Gasteiger partial charge in [-0.25, -0.2) is 9.97 Å². The van der Waals surface area contributed by atoms with Crippen LogP contribution in [0.15, 0.2) is 30.5 Å². The number of benzene rings is 1. The Balaban J connectivity index is 1.37. The summed E-state index contributed by atoms with van der Waals surface area (Å²) >= 11 is 0. The molecule has 1 aromatic heterocycles. The van der Waals surface area contributed by atoms with Crippen LogP contribution in [0.5, 0.6) is 11.5 Å². The van der Waals surface area contributed by atoms with E-state index in [9.17, 15) is 18.0 Å². The number of aromatic nitrogens is 2. The topological polar surface area (TPSA) is 67.8 Å². The van der Waals surface area contributed by atoms with Crippen molar-refractivity contribution in [3.8, 4) is 11.5 Å². The largest absolute Gasteiger partial charge is 0.493 e. The number of hydrogen-bond donors (Lipinski definition) is 0. The van der Waals surface area contributed by atoms with E-state index in [0.717, 1.165) is 17.8 Å². The SMILES string of the molecule is COc1ccc(CC(=O)N2CC3CN(c4nccc(C(F)(F)F)n4)CC3C2)cc1OC. The van der Waals surface area contributed by atoms with E-state index in [1.54, 1.807) is 31.3 Å². The van der Waals surface area contributed by atoms with Crippen LogP contribution < -0.4 is 14.4 Å². The van der Waals surface area contributed by atoms with Gasteiger partial charge in [-0.2, -0.15) is 13.2 Å². The first-order valence-corrected chi connectivity index (χ1v) is 9.92. The van der Waals surface area contributed by atoms with E-state index in [1.807, 2.05) is 11.0 Å². The van der Waals surface area contributed by atoms with E-state index in [4.69, 9.17) is 9.47 Å². The summed E-state index contributed by atoms with van der Waals surface area (Å²) in [7, 11) is 3.10. The summed E-state index contributed by atoms with van der Waals surface area (Å²) in [5.74, 6) is 1.66. The van der Waals surface area contributed by atoms with Gasteiger partial charge in [-0.1, -0.05) is 6.07 Å². The van der Waals surface area contributed by atoms with Crippen molar-refractivity contribution in [2.75, 3.05) is 45.3 Å². The molecular formula is C21H23F3N4O3. The lowest BCUT2D eigenvalue weighted by atomic mass is 10.0. The zero-order chi connectivity index (χ0) is 22.2. The second-order valence-corrected chi connectivity index (χ2v) is 7.83. The Morgan fingerprint density at radius 3 is 2.35 bits per heavy atom. The van der Waals surface area contributed by atoms with Gasteiger partial charge in [0.1, 0.15) is 5.69 Å². The first kappa shape index (κ1) is 21.2. The van der Waals surface area contributed by atoms with Gasteiger partial charge in [-0.3, -0.25) is 4.79 Å². The zero-order valence-electron chi connectivity index (χ0n) is 17.2. The molecule has 2 aromatic rings. The molecule has 2 saturated heterocycles. The number of alkyl halides is 3. The molecule has 2 aliphatic heterocycles. The molecule has 2 aliphatic rings. The molecule has 1 amide bonds. The highest BCUT2D eigenvalue weighted by Crippen LogP contribution is 2.35. The summed E-state index contributed by atoms with van der Waals surface area (Å²) in [6, 6.07) is 6.27. The standard InChI is InChI=1S/C21H23F3N4O3/c1-30-16-4-3-13(7-17(16)31-2)8-19(29)27-9-14-11-28(12-15(14)10-27)20-25-6-5-18(26-20)21(22,23)24/h3-7,14-15H,8-12H2,1-2H3. The minimum absolute atomic E-state index is 0.0171. The van der Waals surface area contributed by atoms with E-state index in [-0.39, 0.29) is 30.1 Å². The number of hydrogen-bond acceptors (Lipinski definition) is 6. The summed E-state index contributed by atoms with van der Waals surface area (Å²) in [6.45, 7) is 2.22. The van der Waals surface area contributed by atoms with Crippen molar-refractivity contribution in [3.63, 3.8) is 0 Å². The number of halogens is 3. The van der Waals surface area contributed by atoms with Crippen LogP contribution in [-0.2, 0) is 17.4 Å². The third kappa shape index (κ3) is 4.38. The fourth-order valence-electron chi connectivity index (χ4n) is 4.30. The fourth-order valence-corrected chi connectivity index (χ4v) is 4.30. The van der Waals surface area contributed by atoms with Crippen LogP contribution >= 0.6 is 0 Å². The molecule has 10 heteroatoms. The van der Waals surface area contributed by atoms with Gasteiger partial charge in [-0.15, -0.1) is 0 Å². The predicted octanol–water partition coefficient (Wildman–Crippen LogP) is 2.65. The number of carbonyl (C=O) groups excluding carboxylic acids is 1. The molecule has 0 aliphatic carbocycles. The molecule has 4 rings (SSSR count). The number of nitrogens with zero attached hydrogens (tertiary/aromatic N) is 4. The zero-order valence-corrected chi connectivity index (χ0v) is 17.2. The van der Waals surface area contributed by atoms with E-state index >= 15 is 0 Å². The molecule has 1 aromatic carbocycles. The average molecular weight is 436 g/mol. The quantitative estimate of drug-likeness (QED) is 0.718. The van der Waals surface area contributed by atoms with E-state index in [1.165, 1.54) is 0 Å². The van der Waals surface area contributed by atoms with Gasteiger partial charge in [0.2, 0.25) is 11.9 Å². The number of methoxy groups -OCH3 is 2. The van der Waals surface area contributed by atoms with Gasteiger partial charge in [0.15, 0.2) is 11.5 Å². The molecule has 166 valence electrons. The maximum atomic E-state index is 12.9. The van der Waals surface area contributed by atoms with Gasteiger partial charge >= 0.3 is 6.18 Å². The lowest BCUT2D eigenvalue weighted by Gasteiger charge is -2.22. The first-order chi connectivity index (χ1) is 14.8. The Morgan fingerprint density at radius 2 is 1.74 bits per heavy atom. The van der Waals surface area contributed by atoms with Crippen molar-refractivity contribution >= 4 is 11.9 Å². The molecule has 31 heavy (non-hydrogen) atoms. The van der Waals surface area contributed by atoms with Crippen molar-refractivity contribution in [3.05, 3.63) is 41.7 Å². The number of amides is 1. The molecule has 2 unspecified atom stereocenters. The minimum Gasteiger partial charge on any atom is -0.493 e. The molecular weight excluding hydrogens is 413 g/mol. The minimum atomic E-state index is -4.50. The number of likely N-dealkylation sites (tertiary alicyclic amines) is 1. The summed E-state index contributed by atoms with van der Waals surface area (Å²) in [5.41, 5.74) is -0.111. The van der Waals surface area contributed by atoms with Gasteiger partial charge in [-0.05, 0) is 23.8 Å². The van der Waals surface area contributed by atoms with Gasteiger partial charge in [0.05, 0.1) is 20.6 Å². The Labute approximate surface area is 177 Å². The lowest BCUT2D eigenvalue weighted by Crippen LogP contribution is -2.34. The van der Waals surface area contributed by atoms with Crippen LogP contribution in [0.3, 0.4) is 0 Å². The van der Waals surface area contributed by atoms with E-state index in [2.05, 4.69) is 9.97 Å². The highest BCUT2D eigenvalue weighted by molar-refractivity contribution is 5.79. The number of fused-ring (bicyclic) bond motifs is 1. The molecule has 3 heterocycles. The highest BCUT2D eigenvalue weighted by atomic mass is 19.4. The third-order valence-electron chi connectivity index (χ3n) is 5.86. The normalized spacial score (nSPS) is 20.7. The Hall–Kier alpha value is -3.04. The van der Waals surface area contributed by atoms with Gasteiger partial charge < -0.3 is 19.3 Å². The van der Waals surface area contributed by atoms with Crippen molar-refractivity contribution < 1.29 is 27.4 Å². The van der Waals surface area contributed by atoms with Crippen molar-refractivity contribution in [2.24, 2.45) is 11.8 Å². The van der Waals surface area contributed by atoms with Gasteiger partial charge in [0.25, 0.3) is 0 Å². The molecule has 0 saturated carbocycles. The van der Waals surface area contributed by atoms with Gasteiger partial charge in [0, 0.05) is 44.2 Å². The van der Waals surface area contributed by atoms with Crippen LogP contribution in [0.25, 0.3) is 0 Å². The summed E-state index contributed by atoms with van der Waals surface area (Å²) in [6.07, 6.45) is -3.11. The Bertz CT molecular complexity index is 955. The predicted molar refractivity (Wildman–Crippen MR) is 106 cm³/mol. The first-order valence-electron chi connectivity index (χ1n) is 9.92. The molecule has 0 spiro atoms. The van der Waals surface area contributed by atoms with Crippen LogP contribution in [0.4, 0.5) is 19.1 Å². The van der Waals surface area contributed by atoms with Crippen molar-refractivity contribution in [1.82, 2.24) is 14.9 Å². The van der Waals surface area contributed by atoms with Crippen molar-refractivity contribution in [2.45, 2.75) is 12.6 Å².